The zero-order chi connectivity index (χ0) is 30.8. The summed E-state index contributed by atoms with van der Waals surface area (Å²) >= 11 is 0. The van der Waals surface area contributed by atoms with E-state index in [1.165, 1.54) is 5.69 Å². The summed E-state index contributed by atoms with van der Waals surface area (Å²) in [7, 11) is 0. The summed E-state index contributed by atoms with van der Waals surface area (Å²) in [5.74, 6) is 0.842. The number of rotatable bonds is 8. The van der Waals surface area contributed by atoms with E-state index in [1.54, 1.807) is 0 Å². The molecule has 0 spiro atoms. The Hall–Kier alpha value is -4.08. The topological polar surface area (TPSA) is 91.3 Å². The lowest BCUT2D eigenvalue weighted by Crippen LogP contribution is -2.41. The van der Waals surface area contributed by atoms with Crippen LogP contribution in [0.15, 0.2) is 53.5 Å². The van der Waals surface area contributed by atoms with Crippen LogP contribution in [0.4, 0.5) is 11.5 Å². The molecule has 0 unspecified atom stereocenters. The minimum atomic E-state index is -0.189. The van der Waals surface area contributed by atoms with Crippen LogP contribution < -0.4 is 20.7 Å². The molecule has 2 fully saturated rings. The van der Waals surface area contributed by atoms with Gasteiger partial charge in [-0.15, -0.1) is 0 Å². The van der Waals surface area contributed by atoms with E-state index in [1.807, 2.05) is 32.9 Å². The molecule has 2 aliphatic rings. The molecular formula is C35H43N5O4. The van der Waals surface area contributed by atoms with Crippen LogP contribution in [0.5, 0.6) is 0 Å². The molecule has 0 aliphatic carbocycles. The first kappa shape index (κ1) is 30.0. The lowest BCUT2D eigenvalue weighted by molar-refractivity contribution is 0.0844. The van der Waals surface area contributed by atoms with Crippen LogP contribution in [0.1, 0.15) is 52.5 Å². The predicted molar refractivity (Wildman–Crippen MR) is 175 cm³/mol. The molecule has 2 aliphatic heterocycles. The highest BCUT2D eigenvalue weighted by Gasteiger charge is 2.27. The number of hydrogen-bond acceptors (Lipinski definition) is 6. The van der Waals surface area contributed by atoms with Gasteiger partial charge in [-0.25, -0.2) is 0 Å². The largest absolute Gasteiger partial charge is 0.381 e. The van der Waals surface area contributed by atoms with Gasteiger partial charge in [-0.05, 0) is 82.0 Å². The predicted octanol–water partition coefficient (Wildman–Crippen LogP) is 4.99. The molecule has 5 heterocycles. The Morgan fingerprint density at radius 3 is 2.36 bits per heavy atom. The van der Waals surface area contributed by atoms with Gasteiger partial charge in [-0.3, -0.25) is 9.59 Å². The number of amides is 1. The van der Waals surface area contributed by atoms with Crippen molar-refractivity contribution in [3.8, 4) is 11.1 Å². The normalized spacial score (nSPS) is 16.0. The molecule has 0 saturated carbocycles. The zero-order valence-corrected chi connectivity index (χ0v) is 26.2. The number of pyridine rings is 2. The Morgan fingerprint density at radius 1 is 0.977 bits per heavy atom. The highest BCUT2D eigenvalue weighted by atomic mass is 16.5. The Kier molecular flexibility index (Phi) is 8.77. The summed E-state index contributed by atoms with van der Waals surface area (Å²) in [4.78, 5) is 34.1. The van der Waals surface area contributed by atoms with Crippen molar-refractivity contribution in [3.05, 3.63) is 87.0 Å². The molecular weight excluding hydrogens is 554 g/mol. The second kappa shape index (κ2) is 12.9. The van der Waals surface area contributed by atoms with Gasteiger partial charge in [0, 0.05) is 90.8 Å². The van der Waals surface area contributed by atoms with Crippen molar-refractivity contribution in [2.75, 3.05) is 55.9 Å². The Bertz CT molecular complexity index is 1700. The quantitative estimate of drug-likeness (QED) is 0.297. The van der Waals surface area contributed by atoms with Crippen LogP contribution in [0.2, 0.25) is 0 Å². The van der Waals surface area contributed by atoms with Crippen LogP contribution in [0.3, 0.4) is 0 Å². The average Bonchev–Trinajstić information content (AvgIpc) is 3.46. The summed E-state index contributed by atoms with van der Waals surface area (Å²) in [5, 5.41) is 3.04. The number of benzene rings is 1. The van der Waals surface area contributed by atoms with Crippen molar-refractivity contribution < 1.29 is 14.3 Å². The van der Waals surface area contributed by atoms with Gasteiger partial charge >= 0.3 is 0 Å². The van der Waals surface area contributed by atoms with E-state index >= 15 is 0 Å². The number of ether oxygens (including phenoxy) is 2. The zero-order valence-electron chi connectivity index (χ0n) is 26.2. The number of aromatic amines is 1. The first-order valence-corrected chi connectivity index (χ1v) is 15.7. The van der Waals surface area contributed by atoms with Crippen LogP contribution in [0, 0.1) is 20.8 Å². The maximum Gasteiger partial charge on any atom is 0.253 e. The van der Waals surface area contributed by atoms with Gasteiger partial charge in [0.2, 0.25) is 0 Å². The van der Waals surface area contributed by atoms with Gasteiger partial charge in [0.15, 0.2) is 0 Å². The fraction of sp³-hybridized carbons (Fsp3) is 0.429. The highest BCUT2D eigenvalue weighted by Crippen LogP contribution is 2.34. The molecule has 9 nitrogen and oxygen atoms in total. The lowest BCUT2D eigenvalue weighted by atomic mass is 10.0. The van der Waals surface area contributed by atoms with Crippen molar-refractivity contribution >= 4 is 22.9 Å². The third-order valence-electron chi connectivity index (χ3n) is 9.09. The van der Waals surface area contributed by atoms with Gasteiger partial charge in [0.1, 0.15) is 5.82 Å². The van der Waals surface area contributed by atoms with Gasteiger partial charge in [-0.1, -0.05) is 12.1 Å². The minimum absolute atomic E-state index is 0.164. The van der Waals surface area contributed by atoms with E-state index < -0.39 is 0 Å². The molecule has 232 valence electrons. The number of H-pyrrole nitrogens is 1. The lowest BCUT2D eigenvalue weighted by Gasteiger charge is -2.37. The van der Waals surface area contributed by atoms with E-state index in [0.717, 1.165) is 98.2 Å². The van der Waals surface area contributed by atoms with Gasteiger partial charge < -0.3 is 34.0 Å². The molecule has 2 N–H and O–H groups in total. The molecule has 4 aromatic rings. The van der Waals surface area contributed by atoms with E-state index in [2.05, 4.69) is 68.0 Å². The number of fused-ring (bicyclic) bond motifs is 1. The number of aromatic nitrogens is 2. The number of nitrogens with zero attached hydrogens (tertiary/aromatic N) is 3. The number of carbonyl (C=O) groups is 1. The number of aryl methyl sites for hydroxylation is 2. The summed E-state index contributed by atoms with van der Waals surface area (Å²) in [6, 6.07) is 15.1. The van der Waals surface area contributed by atoms with Crippen molar-refractivity contribution in [1.82, 2.24) is 14.7 Å². The van der Waals surface area contributed by atoms with E-state index in [9.17, 15) is 9.59 Å². The van der Waals surface area contributed by atoms with Crippen molar-refractivity contribution in [2.45, 2.75) is 53.1 Å². The Labute approximate surface area is 258 Å². The van der Waals surface area contributed by atoms with E-state index in [-0.39, 0.29) is 18.0 Å². The molecule has 1 amide bonds. The van der Waals surface area contributed by atoms with Gasteiger partial charge in [0.05, 0.1) is 13.2 Å². The Balaban J connectivity index is 1.38. The number of hydrogen-bond donors (Lipinski definition) is 2. The number of anilines is 2. The van der Waals surface area contributed by atoms with Crippen molar-refractivity contribution in [2.24, 2.45) is 0 Å². The number of morpholine rings is 1. The van der Waals surface area contributed by atoms with E-state index in [4.69, 9.17) is 9.47 Å². The summed E-state index contributed by atoms with van der Waals surface area (Å²) < 4.78 is 13.5. The highest BCUT2D eigenvalue weighted by molar-refractivity contribution is 5.98. The smallest absolute Gasteiger partial charge is 0.253 e. The second-order valence-corrected chi connectivity index (χ2v) is 11.9. The third-order valence-corrected chi connectivity index (χ3v) is 9.09. The standard InChI is InChI=1S/C35H43N5O4/c1-5-39(29-10-14-43-15-11-29)35-25(4)31(33(41)36-21-32-23(2)18-24(3)37-34(32)42)20-30-19-27(22-40(30)35)26-6-8-28(9-7-26)38-12-16-44-17-13-38/h6-9,18-20,22,29H,5,10-17,21H2,1-4H3,(H,36,41)(H,37,42). The molecule has 9 heteroatoms. The molecule has 44 heavy (non-hydrogen) atoms. The molecule has 2 saturated heterocycles. The second-order valence-electron chi connectivity index (χ2n) is 11.9. The fourth-order valence-electron chi connectivity index (χ4n) is 6.71. The average molecular weight is 598 g/mol. The summed E-state index contributed by atoms with van der Waals surface area (Å²) in [6.45, 7) is 13.7. The maximum atomic E-state index is 13.8. The first-order valence-electron chi connectivity index (χ1n) is 15.7. The minimum Gasteiger partial charge on any atom is -0.381 e. The van der Waals surface area contributed by atoms with Crippen LogP contribution in [0.25, 0.3) is 16.6 Å². The summed E-state index contributed by atoms with van der Waals surface area (Å²) in [5.41, 5.74) is 8.01. The first-order chi connectivity index (χ1) is 21.3. The molecule has 1 aromatic carbocycles. The van der Waals surface area contributed by atoms with Crippen LogP contribution >= 0.6 is 0 Å². The third kappa shape index (κ3) is 5.99. The maximum absolute atomic E-state index is 13.8. The number of carbonyl (C=O) groups excluding carboxylic acids is 1. The summed E-state index contributed by atoms with van der Waals surface area (Å²) in [6.07, 6.45) is 4.08. The SMILES string of the molecule is CCN(c1c(C)c(C(=O)NCc2c(C)cc(C)[nH]c2=O)cc2cc(-c3ccc(N4CCOCC4)cc3)cn12)C1CCOCC1. The van der Waals surface area contributed by atoms with Crippen LogP contribution in [-0.2, 0) is 16.0 Å². The Morgan fingerprint density at radius 2 is 1.68 bits per heavy atom. The van der Waals surface area contributed by atoms with E-state index in [0.29, 0.717) is 17.2 Å². The van der Waals surface area contributed by atoms with Crippen LogP contribution in [-0.4, -0.2) is 67.4 Å². The monoisotopic (exact) mass is 597 g/mol. The number of nitrogens with one attached hydrogen (secondary N) is 2. The van der Waals surface area contributed by atoms with Gasteiger partial charge in [-0.2, -0.15) is 0 Å². The molecule has 0 atom stereocenters. The van der Waals surface area contributed by atoms with Gasteiger partial charge in [0.25, 0.3) is 11.5 Å². The molecule has 0 radical (unpaired) electrons. The molecule has 6 rings (SSSR count). The molecule has 3 aromatic heterocycles. The van der Waals surface area contributed by atoms with Crippen molar-refractivity contribution in [3.63, 3.8) is 0 Å². The molecule has 0 bridgehead atoms. The fourth-order valence-corrected chi connectivity index (χ4v) is 6.71. The van der Waals surface area contributed by atoms with Crippen molar-refractivity contribution in [1.29, 1.82) is 0 Å².